The second-order valence-corrected chi connectivity index (χ2v) is 9.80. The summed E-state index contributed by atoms with van der Waals surface area (Å²) in [6.07, 6.45) is 3.56. The lowest BCUT2D eigenvalue weighted by atomic mass is 9.86. The summed E-state index contributed by atoms with van der Waals surface area (Å²) in [5.41, 5.74) is 9.37. The first-order valence-corrected chi connectivity index (χ1v) is 11.9. The summed E-state index contributed by atoms with van der Waals surface area (Å²) in [6.45, 7) is 9.82. The molecule has 4 N–H and O–H groups in total. The van der Waals surface area contributed by atoms with Crippen LogP contribution in [0.2, 0.25) is 0 Å². The van der Waals surface area contributed by atoms with Crippen molar-refractivity contribution < 1.29 is 9.53 Å². The fourth-order valence-corrected chi connectivity index (χ4v) is 3.90. The number of allylic oxidation sites excluding steroid dienone is 1. The van der Waals surface area contributed by atoms with Gasteiger partial charge in [0.1, 0.15) is 11.5 Å². The average Bonchev–Trinajstić information content (AvgIpc) is 2.83. The van der Waals surface area contributed by atoms with E-state index < -0.39 is 0 Å². The number of hydrogen-bond acceptors (Lipinski definition) is 7. The molecule has 0 radical (unpaired) electrons. The topological polar surface area (TPSA) is 118 Å². The largest absolute Gasteiger partial charge is 0.478 e. The van der Waals surface area contributed by atoms with Gasteiger partial charge in [-0.1, -0.05) is 32.9 Å². The van der Waals surface area contributed by atoms with Gasteiger partial charge in [0, 0.05) is 43.5 Å². The van der Waals surface area contributed by atoms with Crippen molar-refractivity contribution in [2.45, 2.75) is 52.0 Å². The SMILES string of the molecule is CN/C(C)=C\C(N)=Nc1cc(N2CCCC(NC(=O)c3ccc(C(C)(C)C)cc3)C2)nnc1OC. The molecular weight excluding hydrogens is 442 g/mol. The molecule has 0 aliphatic carbocycles. The van der Waals surface area contributed by atoms with Gasteiger partial charge in [-0.2, -0.15) is 0 Å². The van der Waals surface area contributed by atoms with Gasteiger partial charge in [-0.3, -0.25) is 4.79 Å². The Bertz CT molecular complexity index is 1090. The van der Waals surface area contributed by atoms with Crippen molar-refractivity contribution >= 4 is 23.2 Å². The maximum atomic E-state index is 12.9. The molecule has 1 atom stereocenters. The first-order valence-electron chi connectivity index (χ1n) is 11.9. The predicted molar refractivity (Wildman–Crippen MR) is 141 cm³/mol. The molecule has 1 fully saturated rings. The molecular formula is C26H37N7O2. The van der Waals surface area contributed by atoms with E-state index in [9.17, 15) is 4.79 Å². The molecule has 1 aliphatic rings. The van der Waals surface area contributed by atoms with Gasteiger partial charge in [-0.25, -0.2) is 4.99 Å². The lowest BCUT2D eigenvalue weighted by molar-refractivity contribution is 0.0933. The first kappa shape index (κ1) is 26.0. The number of rotatable bonds is 7. The van der Waals surface area contributed by atoms with Gasteiger partial charge in [0.15, 0.2) is 5.82 Å². The third-order valence-electron chi connectivity index (χ3n) is 6.02. The molecule has 1 saturated heterocycles. The lowest BCUT2D eigenvalue weighted by Gasteiger charge is -2.33. The quantitative estimate of drug-likeness (QED) is 0.412. The van der Waals surface area contributed by atoms with Crippen LogP contribution in [0.1, 0.15) is 56.5 Å². The van der Waals surface area contributed by atoms with Crippen molar-refractivity contribution in [1.29, 1.82) is 0 Å². The zero-order chi connectivity index (χ0) is 25.6. The Morgan fingerprint density at radius 2 is 1.97 bits per heavy atom. The minimum atomic E-state index is -0.0668. The van der Waals surface area contributed by atoms with Crippen LogP contribution in [0.15, 0.2) is 47.1 Å². The summed E-state index contributed by atoms with van der Waals surface area (Å²) in [7, 11) is 3.34. The number of nitrogens with two attached hydrogens (primary N) is 1. The van der Waals surface area contributed by atoms with Crippen LogP contribution in [0.4, 0.5) is 11.5 Å². The fourth-order valence-electron chi connectivity index (χ4n) is 3.90. The third kappa shape index (κ3) is 6.94. The van der Waals surface area contributed by atoms with Gasteiger partial charge >= 0.3 is 0 Å². The second kappa shape index (κ2) is 11.2. The van der Waals surface area contributed by atoms with Crippen LogP contribution in [0.25, 0.3) is 0 Å². The van der Waals surface area contributed by atoms with Crippen molar-refractivity contribution in [3.63, 3.8) is 0 Å². The van der Waals surface area contributed by atoms with Crippen LogP contribution in [0.3, 0.4) is 0 Å². The second-order valence-electron chi connectivity index (χ2n) is 9.80. The molecule has 2 heterocycles. The molecule has 9 nitrogen and oxygen atoms in total. The Balaban J connectivity index is 1.72. The number of benzene rings is 1. The molecule has 1 aromatic heterocycles. The van der Waals surface area contributed by atoms with Crippen molar-refractivity contribution in [2.24, 2.45) is 10.7 Å². The summed E-state index contributed by atoms with van der Waals surface area (Å²) in [6, 6.07) is 9.65. The third-order valence-corrected chi connectivity index (χ3v) is 6.02. The van der Waals surface area contributed by atoms with Crippen LogP contribution >= 0.6 is 0 Å². The molecule has 1 unspecified atom stereocenters. The van der Waals surface area contributed by atoms with Gasteiger partial charge in [0.25, 0.3) is 11.8 Å². The van der Waals surface area contributed by atoms with E-state index in [1.807, 2.05) is 44.3 Å². The van der Waals surface area contributed by atoms with E-state index in [1.54, 1.807) is 6.08 Å². The number of nitrogens with zero attached hydrogens (tertiary/aromatic N) is 4. The highest BCUT2D eigenvalue weighted by molar-refractivity contribution is 5.95. The fraction of sp³-hybridized carbons (Fsp3) is 0.462. The van der Waals surface area contributed by atoms with Crippen molar-refractivity contribution in [2.75, 3.05) is 32.1 Å². The zero-order valence-corrected chi connectivity index (χ0v) is 21.6. The van der Waals surface area contributed by atoms with E-state index in [4.69, 9.17) is 10.5 Å². The van der Waals surface area contributed by atoms with Gasteiger partial charge in [0.2, 0.25) is 0 Å². The molecule has 9 heteroatoms. The molecule has 0 spiro atoms. The predicted octanol–water partition coefficient (Wildman–Crippen LogP) is 3.29. The number of nitrogens with one attached hydrogen (secondary N) is 2. The van der Waals surface area contributed by atoms with Crippen molar-refractivity contribution in [3.05, 3.63) is 53.2 Å². The molecule has 0 bridgehead atoms. The molecule has 35 heavy (non-hydrogen) atoms. The normalized spacial score (nSPS) is 17.2. The van der Waals surface area contributed by atoms with Gasteiger partial charge in [-0.15, -0.1) is 10.2 Å². The Hall–Kier alpha value is -3.62. The number of anilines is 1. The molecule has 2 aromatic rings. The molecule has 0 saturated carbocycles. The smallest absolute Gasteiger partial charge is 0.259 e. The van der Waals surface area contributed by atoms with Crippen molar-refractivity contribution in [1.82, 2.24) is 20.8 Å². The number of methoxy groups -OCH3 is 1. The van der Waals surface area contributed by atoms with Crippen LogP contribution < -0.4 is 26.0 Å². The highest BCUT2D eigenvalue weighted by Crippen LogP contribution is 2.29. The zero-order valence-electron chi connectivity index (χ0n) is 21.6. The molecule has 1 aliphatic heterocycles. The van der Waals surface area contributed by atoms with Crippen LogP contribution in [0, 0.1) is 0 Å². The van der Waals surface area contributed by atoms with E-state index in [2.05, 4.69) is 51.5 Å². The molecule has 1 aromatic carbocycles. The summed E-state index contributed by atoms with van der Waals surface area (Å²) < 4.78 is 5.32. The number of amides is 1. The van der Waals surface area contributed by atoms with E-state index >= 15 is 0 Å². The summed E-state index contributed by atoms with van der Waals surface area (Å²) >= 11 is 0. The van der Waals surface area contributed by atoms with E-state index in [0.29, 0.717) is 35.3 Å². The number of hydrogen-bond donors (Lipinski definition) is 3. The summed E-state index contributed by atoms with van der Waals surface area (Å²) in [5, 5.41) is 14.7. The maximum absolute atomic E-state index is 12.9. The minimum Gasteiger partial charge on any atom is -0.478 e. The molecule has 3 rings (SSSR count). The number of ether oxygens (including phenoxy) is 1. The average molecular weight is 480 g/mol. The van der Waals surface area contributed by atoms with E-state index in [0.717, 1.165) is 25.1 Å². The number of piperidine rings is 1. The first-order chi connectivity index (χ1) is 16.6. The van der Waals surface area contributed by atoms with Gasteiger partial charge in [0.05, 0.1) is 7.11 Å². The van der Waals surface area contributed by atoms with E-state index in [1.165, 1.54) is 12.7 Å². The minimum absolute atomic E-state index is 0.000626. The summed E-state index contributed by atoms with van der Waals surface area (Å²) in [4.78, 5) is 19.4. The highest BCUT2D eigenvalue weighted by Gasteiger charge is 2.24. The molecule has 188 valence electrons. The van der Waals surface area contributed by atoms with E-state index in [-0.39, 0.29) is 17.4 Å². The van der Waals surface area contributed by atoms with Crippen molar-refractivity contribution in [3.8, 4) is 5.88 Å². The Morgan fingerprint density at radius 3 is 2.60 bits per heavy atom. The van der Waals surface area contributed by atoms with Crippen LogP contribution in [-0.2, 0) is 5.41 Å². The Labute approximate surface area is 207 Å². The van der Waals surface area contributed by atoms with Gasteiger partial charge < -0.3 is 26.0 Å². The summed E-state index contributed by atoms with van der Waals surface area (Å²) in [5.74, 6) is 1.23. The Morgan fingerprint density at radius 1 is 1.26 bits per heavy atom. The van der Waals surface area contributed by atoms with Gasteiger partial charge in [-0.05, 0) is 49.0 Å². The number of aliphatic imine (C=N–C) groups is 1. The highest BCUT2D eigenvalue weighted by atomic mass is 16.5. The lowest BCUT2D eigenvalue weighted by Crippen LogP contribution is -2.48. The standard InChI is InChI=1S/C26H37N7O2/c1-17(28-5)14-22(27)30-21-15-23(31-32-25(21)35-6)33-13-7-8-20(16-33)29-24(34)18-9-11-19(12-10-18)26(2,3)4/h9-12,14-15,20,28H,7-8,13,16H2,1-6H3,(H,29,34)(H2,27,30,31)/b17-14-. The number of amidine groups is 1. The number of aromatic nitrogens is 2. The van der Waals surface area contributed by atoms with Crippen LogP contribution in [0.5, 0.6) is 5.88 Å². The Kier molecular flexibility index (Phi) is 8.32. The monoisotopic (exact) mass is 479 g/mol. The van der Waals surface area contributed by atoms with Crippen LogP contribution in [-0.4, -0.2) is 55.2 Å². The number of carbonyl (C=O) groups excluding carboxylic acids is 1. The maximum Gasteiger partial charge on any atom is 0.259 e. The number of carbonyl (C=O) groups is 1. The molecule has 1 amide bonds.